The summed E-state index contributed by atoms with van der Waals surface area (Å²) in [5, 5.41) is 22.4. The Bertz CT molecular complexity index is 2540. The van der Waals surface area contributed by atoms with Crippen LogP contribution in [0.5, 0.6) is 0 Å². The Morgan fingerprint density at radius 2 is 1.14 bits per heavy atom. The standard InChI is InChI=1S/C19H17ClF4N2O4S.C14H9Cl2F2NO3S.C6H10F2O/c20-14-8-13(3-4-15(14)22)25-18(28)11-1-2-12(9-21)16(7-11)31(29,30)26-6-5-17(27)19(23,24)10-26;15-11-6-10(3-4-12(11)18)19-14(20)8-1-2-9(7-17)13(5-8)23(16,21)22;7-6(8)4-2-1-3-5(6)9/h1-4,7-8,17,27H,5-6,9-10H2,(H,25,28);1-6H,7H2,(H,19,20);5,9H,1-4H2. The van der Waals surface area contributed by atoms with Crippen molar-refractivity contribution in [3.8, 4) is 0 Å². The number of amides is 2. The maximum Gasteiger partial charge on any atom is 0.286 e. The highest BCUT2D eigenvalue weighted by atomic mass is 35.7. The first-order valence-electron chi connectivity index (χ1n) is 18.3. The molecular weight excluding hydrogens is 961 g/mol. The molecule has 2 fully saturated rings. The Morgan fingerprint density at radius 3 is 1.54 bits per heavy atom. The van der Waals surface area contributed by atoms with E-state index in [9.17, 15) is 66.7 Å². The molecule has 2 atom stereocenters. The molecule has 1 saturated heterocycles. The summed E-state index contributed by atoms with van der Waals surface area (Å²) in [6.07, 6.45) is -2.48. The van der Waals surface area contributed by atoms with Gasteiger partial charge >= 0.3 is 0 Å². The molecule has 0 aromatic heterocycles. The molecule has 4 aromatic carbocycles. The van der Waals surface area contributed by atoms with Crippen molar-refractivity contribution in [1.82, 2.24) is 4.31 Å². The summed E-state index contributed by atoms with van der Waals surface area (Å²) in [5.41, 5.74) is -0.370. The van der Waals surface area contributed by atoms with Gasteiger partial charge in [-0.05, 0) is 79.9 Å². The van der Waals surface area contributed by atoms with Gasteiger partial charge in [0.2, 0.25) is 10.0 Å². The van der Waals surface area contributed by atoms with Gasteiger partial charge in [-0.25, -0.2) is 52.0 Å². The normalized spacial score (nSPS) is 18.5. The fourth-order valence-electron chi connectivity index (χ4n) is 5.95. The van der Waals surface area contributed by atoms with Crippen LogP contribution in [0.25, 0.3) is 0 Å². The zero-order valence-electron chi connectivity index (χ0n) is 32.2. The summed E-state index contributed by atoms with van der Waals surface area (Å²) in [6.45, 7) is -3.92. The third-order valence-electron chi connectivity index (χ3n) is 9.43. The summed E-state index contributed by atoms with van der Waals surface area (Å²) in [4.78, 5) is 23.5. The average molecular weight is 997 g/mol. The van der Waals surface area contributed by atoms with E-state index in [1.807, 2.05) is 0 Å². The maximum absolute atomic E-state index is 13.9. The molecule has 0 bridgehead atoms. The van der Waals surface area contributed by atoms with E-state index in [0.717, 1.165) is 48.9 Å². The Kier molecular flexibility index (Phi) is 17.4. The van der Waals surface area contributed by atoms with Gasteiger partial charge in [-0.2, -0.15) is 4.31 Å². The summed E-state index contributed by atoms with van der Waals surface area (Å²) >= 11 is 11.3. The van der Waals surface area contributed by atoms with Crippen LogP contribution in [0.15, 0.2) is 82.6 Å². The van der Waals surface area contributed by atoms with Gasteiger partial charge in [0.05, 0.1) is 26.4 Å². The van der Waals surface area contributed by atoms with Crippen LogP contribution < -0.4 is 10.6 Å². The van der Waals surface area contributed by atoms with Crippen LogP contribution in [0.2, 0.25) is 10.0 Å². The number of aliphatic hydroxyl groups excluding tert-OH is 2. The molecule has 1 heterocycles. The zero-order chi connectivity index (χ0) is 47.1. The highest BCUT2D eigenvalue weighted by Gasteiger charge is 2.47. The third-order valence-corrected chi connectivity index (χ3v) is 13.3. The predicted molar refractivity (Wildman–Crippen MR) is 218 cm³/mol. The van der Waals surface area contributed by atoms with Gasteiger partial charge in [-0.3, -0.25) is 9.59 Å². The molecule has 0 radical (unpaired) electrons. The molecule has 2 aliphatic rings. The number of aliphatic hydroxyl groups is 2. The highest BCUT2D eigenvalue weighted by Crippen LogP contribution is 2.34. The van der Waals surface area contributed by atoms with Crippen LogP contribution in [0.4, 0.5) is 46.5 Å². The molecule has 6 rings (SSSR count). The minimum absolute atomic E-state index is 0.0538. The van der Waals surface area contributed by atoms with Crippen LogP contribution >= 0.6 is 33.9 Å². The number of alkyl halides is 6. The first-order chi connectivity index (χ1) is 29.3. The lowest BCUT2D eigenvalue weighted by atomic mass is 9.94. The van der Waals surface area contributed by atoms with E-state index in [1.54, 1.807) is 0 Å². The molecule has 4 aromatic rings. The quantitative estimate of drug-likeness (QED) is 0.0950. The number of rotatable bonds is 9. The minimum Gasteiger partial charge on any atom is -0.387 e. The molecular formula is C39H36Cl3F8N3O8S2. The van der Waals surface area contributed by atoms with Crippen LogP contribution in [0.1, 0.15) is 63.9 Å². The van der Waals surface area contributed by atoms with Crippen LogP contribution in [0, 0.1) is 11.6 Å². The monoisotopic (exact) mass is 995 g/mol. The second-order valence-electron chi connectivity index (χ2n) is 13.9. The maximum atomic E-state index is 13.9. The van der Waals surface area contributed by atoms with E-state index in [2.05, 4.69) is 10.6 Å². The lowest BCUT2D eigenvalue weighted by molar-refractivity contribution is -0.136. The van der Waals surface area contributed by atoms with Crippen LogP contribution in [-0.4, -0.2) is 80.3 Å². The predicted octanol–water partition coefficient (Wildman–Crippen LogP) is 9.28. The van der Waals surface area contributed by atoms with Gasteiger partial charge in [-0.1, -0.05) is 41.8 Å². The average Bonchev–Trinajstić information content (AvgIpc) is 3.22. The van der Waals surface area contributed by atoms with E-state index in [0.29, 0.717) is 10.7 Å². The summed E-state index contributed by atoms with van der Waals surface area (Å²) in [5.74, 6) is -9.31. The SMILES string of the molecule is O=C(Nc1ccc(F)c(Cl)c1)c1ccc(CF)c(S(=O)(=O)Cl)c1.O=C(Nc1ccc(F)c(Cl)c1)c1ccc(CF)c(S(=O)(=O)N2CCC(O)C(F)(F)C2)c1.OC1CCCCC1(F)F. The van der Waals surface area contributed by atoms with Crippen molar-refractivity contribution < 1.29 is 71.8 Å². The van der Waals surface area contributed by atoms with E-state index < -0.39 is 109 Å². The number of sulfonamides is 1. The van der Waals surface area contributed by atoms with Crippen molar-refractivity contribution >= 4 is 76.1 Å². The summed E-state index contributed by atoms with van der Waals surface area (Å²) in [7, 11) is -3.56. The fourth-order valence-corrected chi connectivity index (χ4v) is 9.14. The lowest BCUT2D eigenvalue weighted by Gasteiger charge is -2.35. The number of benzene rings is 4. The molecule has 2 amide bonds. The van der Waals surface area contributed by atoms with Gasteiger partial charge in [0.15, 0.2) is 0 Å². The van der Waals surface area contributed by atoms with Crippen molar-refractivity contribution in [2.24, 2.45) is 0 Å². The van der Waals surface area contributed by atoms with Crippen molar-refractivity contribution in [2.45, 2.75) is 79.3 Å². The Hall–Kier alpha value is -4.09. The summed E-state index contributed by atoms with van der Waals surface area (Å²) in [6, 6.07) is 13.4. The number of piperidine rings is 1. The second-order valence-corrected chi connectivity index (χ2v) is 19.2. The van der Waals surface area contributed by atoms with Gasteiger partial charge in [0.1, 0.15) is 37.2 Å². The number of hydrogen-bond acceptors (Lipinski definition) is 8. The van der Waals surface area contributed by atoms with Crippen molar-refractivity contribution in [2.75, 3.05) is 23.7 Å². The van der Waals surface area contributed by atoms with E-state index >= 15 is 0 Å². The van der Waals surface area contributed by atoms with Gasteiger partial charge < -0.3 is 20.8 Å². The lowest BCUT2D eigenvalue weighted by Crippen LogP contribution is -2.53. The Labute approximate surface area is 370 Å². The van der Waals surface area contributed by atoms with Crippen LogP contribution in [-0.2, 0) is 32.4 Å². The molecule has 11 nitrogen and oxygen atoms in total. The first-order valence-corrected chi connectivity index (χ1v) is 22.8. The Balaban J connectivity index is 0.000000237. The van der Waals surface area contributed by atoms with Crippen molar-refractivity contribution in [1.29, 1.82) is 0 Å². The summed E-state index contributed by atoms with van der Waals surface area (Å²) < 4.78 is 154. The minimum atomic E-state index is -4.59. The van der Waals surface area contributed by atoms with Gasteiger partial charge in [0, 0.05) is 57.3 Å². The number of halogens is 11. The number of carbonyl (C=O) groups is 2. The largest absolute Gasteiger partial charge is 0.387 e. The fraction of sp³-hybridized carbons (Fsp3) is 0.333. The zero-order valence-corrected chi connectivity index (χ0v) is 36.1. The van der Waals surface area contributed by atoms with Crippen molar-refractivity contribution in [3.63, 3.8) is 0 Å². The second kappa shape index (κ2) is 21.3. The topological polar surface area (TPSA) is 170 Å². The molecule has 344 valence electrons. The molecule has 1 aliphatic heterocycles. The van der Waals surface area contributed by atoms with Gasteiger partial charge in [0.25, 0.3) is 32.7 Å². The third kappa shape index (κ3) is 13.5. The molecule has 4 N–H and O–H groups in total. The number of nitrogens with zero attached hydrogens (tertiary/aromatic N) is 1. The highest BCUT2D eigenvalue weighted by molar-refractivity contribution is 8.13. The van der Waals surface area contributed by atoms with E-state index in [-0.39, 0.29) is 56.5 Å². The molecule has 1 saturated carbocycles. The smallest absolute Gasteiger partial charge is 0.286 e. The van der Waals surface area contributed by atoms with E-state index in [1.165, 1.54) is 30.3 Å². The number of carbonyl (C=O) groups excluding carboxylic acids is 2. The van der Waals surface area contributed by atoms with Gasteiger partial charge in [-0.15, -0.1) is 0 Å². The Morgan fingerprint density at radius 1 is 0.683 bits per heavy atom. The van der Waals surface area contributed by atoms with Crippen molar-refractivity contribution in [3.05, 3.63) is 117 Å². The number of hydrogen-bond donors (Lipinski definition) is 4. The van der Waals surface area contributed by atoms with Crippen LogP contribution in [0.3, 0.4) is 0 Å². The van der Waals surface area contributed by atoms with E-state index in [4.69, 9.17) is 39.0 Å². The molecule has 24 heteroatoms. The first kappa shape index (κ1) is 51.5. The number of nitrogens with one attached hydrogen (secondary N) is 2. The molecule has 0 spiro atoms. The molecule has 63 heavy (non-hydrogen) atoms. The number of anilines is 2. The molecule has 2 unspecified atom stereocenters. The molecule has 1 aliphatic carbocycles.